The first-order valence-corrected chi connectivity index (χ1v) is 7.28. The third kappa shape index (κ3) is 2.66. The minimum atomic E-state index is 0.619. The number of nitrogens with zero attached hydrogens (tertiary/aromatic N) is 1. The Morgan fingerprint density at radius 1 is 1.29 bits per heavy atom. The van der Waals surface area contributed by atoms with E-state index in [-0.39, 0.29) is 0 Å². The molecule has 0 radical (unpaired) electrons. The molecule has 0 bridgehead atoms. The molecule has 1 atom stereocenters. The summed E-state index contributed by atoms with van der Waals surface area (Å²) in [5.74, 6) is 0. The Balaban J connectivity index is 1.64. The van der Waals surface area contributed by atoms with Gasteiger partial charge in [0.1, 0.15) is 0 Å². The number of hydrogen-bond donors (Lipinski definition) is 1. The van der Waals surface area contributed by atoms with Gasteiger partial charge in [-0.3, -0.25) is 4.90 Å². The highest BCUT2D eigenvalue weighted by Crippen LogP contribution is 2.31. The predicted molar refractivity (Wildman–Crippen MR) is 75.5 cm³/mol. The molecule has 1 unspecified atom stereocenters. The molecule has 1 saturated heterocycles. The second-order valence-electron chi connectivity index (χ2n) is 5.34. The smallest absolute Gasteiger partial charge is 0.0489 e. The molecule has 1 N–H and O–H groups in total. The summed E-state index contributed by atoms with van der Waals surface area (Å²) in [5.41, 5.74) is 2.56. The van der Waals surface area contributed by atoms with Crippen molar-refractivity contribution in [1.82, 2.24) is 4.90 Å². The highest BCUT2D eigenvalue weighted by molar-refractivity contribution is 9.10. The molecule has 1 saturated carbocycles. The van der Waals surface area contributed by atoms with E-state index in [1.807, 2.05) is 0 Å². The van der Waals surface area contributed by atoms with Crippen LogP contribution in [0.15, 0.2) is 22.7 Å². The van der Waals surface area contributed by atoms with Crippen molar-refractivity contribution in [1.29, 1.82) is 0 Å². The van der Waals surface area contributed by atoms with Crippen LogP contribution in [0.25, 0.3) is 0 Å². The lowest BCUT2D eigenvalue weighted by Gasteiger charge is -2.17. The fraction of sp³-hybridized carbons (Fsp3) is 0.571. The third-order valence-corrected chi connectivity index (χ3v) is 4.46. The Kier molecular flexibility index (Phi) is 3.14. The monoisotopic (exact) mass is 294 g/mol. The summed E-state index contributed by atoms with van der Waals surface area (Å²) >= 11 is 3.62. The van der Waals surface area contributed by atoms with Crippen LogP contribution < -0.4 is 5.32 Å². The van der Waals surface area contributed by atoms with Crippen molar-refractivity contribution in [2.45, 2.75) is 38.3 Å². The lowest BCUT2D eigenvalue weighted by atomic mass is 10.2. The average molecular weight is 295 g/mol. The van der Waals surface area contributed by atoms with Gasteiger partial charge in [-0.15, -0.1) is 0 Å². The van der Waals surface area contributed by atoms with Crippen molar-refractivity contribution >= 4 is 21.6 Å². The van der Waals surface area contributed by atoms with Crippen molar-refractivity contribution in [3.63, 3.8) is 0 Å². The van der Waals surface area contributed by atoms with Gasteiger partial charge in [-0.25, -0.2) is 0 Å². The van der Waals surface area contributed by atoms with Crippen LogP contribution in [0.4, 0.5) is 5.69 Å². The number of rotatable bonds is 3. The molecule has 1 aliphatic heterocycles. The number of anilines is 1. The molecular weight excluding hydrogens is 276 g/mol. The summed E-state index contributed by atoms with van der Waals surface area (Å²) in [7, 11) is 0. The normalized spacial score (nSPS) is 25.2. The van der Waals surface area contributed by atoms with Gasteiger partial charge in [-0.1, -0.05) is 6.07 Å². The summed E-state index contributed by atoms with van der Waals surface area (Å²) in [6.45, 7) is 4.62. The van der Waals surface area contributed by atoms with Gasteiger partial charge in [-0.2, -0.15) is 0 Å². The largest absolute Gasteiger partial charge is 0.380 e. The Morgan fingerprint density at radius 2 is 2.12 bits per heavy atom. The topological polar surface area (TPSA) is 15.3 Å². The van der Waals surface area contributed by atoms with Crippen LogP contribution in [0.3, 0.4) is 0 Å². The number of benzene rings is 1. The summed E-state index contributed by atoms with van der Waals surface area (Å²) in [6.07, 6.45) is 4.11. The van der Waals surface area contributed by atoms with Gasteiger partial charge in [0.25, 0.3) is 0 Å². The predicted octanol–water partition coefficient (Wildman–Crippen LogP) is 3.41. The van der Waals surface area contributed by atoms with Crippen LogP contribution in [-0.2, 0) is 0 Å². The van der Waals surface area contributed by atoms with Gasteiger partial charge in [0.2, 0.25) is 0 Å². The highest BCUT2D eigenvalue weighted by atomic mass is 79.9. The standard InChI is InChI=1S/C14H19BrN2/c1-10-2-5-13(15)14(8-10)16-11-6-7-17(9-11)12-3-4-12/h2,5,8,11-12,16H,3-4,6-7,9H2,1H3. The summed E-state index contributed by atoms with van der Waals surface area (Å²) in [4.78, 5) is 2.64. The maximum Gasteiger partial charge on any atom is 0.0489 e. The molecule has 1 aromatic carbocycles. The minimum absolute atomic E-state index is 0.619. The number of aryl methyl sites for hydroxylation is 1. The van der Waals surface area contributed by atoms with Crippen molar-refractivity contribution in [2.24, 2.45) is 0 Å². The molecular formula is C14H19BrN2. The summed E-state index contributed by atoms with van der Waals surface area (Å²) < 4.78 is 1.17. The van der Waals surface area contributed by atoms with E-state index in [1.54, 1.807) is 0 Å². The van der Waals surface area contributed by atoms with Crippen molar-refractivity contribution < 1.29 is 0 Å². The molecule has 1 aliphatic carbocycles. The van der Waals surface area contributed by atoms with Crippen LogP contribution in [0.5, 0.6) is 0 Å². The van der Waals surface area contributed by atoms with Crippen LogP contribution in [0, 0.1) is 6.92 Å². The molecule has 17 heavy (non-hydrogen) atoms. The van der Waals surface area contributed by atoms with Gasteiger partial charge in [0.15, 0.2) is 0 Å². The second-order valence-corrected chi connectivity index (χ2v) is 6.19. The van der Waals surface area contributed by atoms with Crippen LogP contribution >= 0.6 is 15.9 Å². The van der Waals surface area contributed by atoms with Crippen molar-refractivity contribution in [2.75, 3.05) is 18.4 Å². The number of nitrogens with one attached hydrogen (secondary N) is 1. The minimum Gasteiger partial charge on any atom is -0.380 e. The van der Waals surface area contributed by atoms with Crippen LogP contribution in [0.1, 0.15) is 24.8 Å². The Bertz CT molecular complexity index is 415. The number of hydrogen-bond acceptors (Lipinski definition) is 2. The second kappa shape index (κ2) is 4.62. The molecule has 3 heteroatoms. The van der Waals surface area contributed by atoms with Gasteiger partial charge < -0.3 is 5.32 Å². The zero-order valence-electron chi connectivity index (χ0n) is 10.2. The average Bonchev–Trinajstić information content (AvgIpc) is 3.05. The van der Waals surface area contributed by atoms with Crippen LogP contribution in [0.2, 0.25) is 0 Å². The number of likely N-dealkylation sites (tertiary alicyclic amines) is 1. The van der Waals surface area contributed by atoms with Gasteiger partial charge >= 0.3 is 0 Å². The third-order valence-electron chi connectivity index (χ3n) is 3.76. The number of halogens is 1. The maximum atomic E-state index is 3.67. The van der Waals surface area contributed by atoms with E-state index in [0.29, 0.717) is 6.04 Å². The SMILES string of the molecule is Cc1ccc(Br)c(NC2CCN(C3CC3)C2)c1. The Hall–Kier alpha value is -0.540. The zero-order valence-corrected chi connectivity index (χ0v) is 11.8. The quantitative estimate of drug-likeness (QED) is 0.919. The van der Waals surface area contributed by atoms with E-state index in [0.717, 1.165) is 6.04 Å². The molecule has 0 amide bonds. The lowest BCUT2D eigenvalue weighted by molar-refractivity contribution is 0.326. The molecule has 0 spiro atoms. The summed E-state index contributed by atoms with van der Waals surface area (Å²) in [5, 5.41) is 3.67. The van der Waals surface area contributed by atoms with E-state index < -0.39 is 0 Å². The Morgan fingerprint density at radius 3 is 2.88 bits per heavy atom. The molecule has 3 rings (SSSR count). The molecule has 2 aliphatic rings. The van der Waals surface area contributed by atoms with Gasteiger partial charge in [-0.05, 0) is 59.8 Å². The van der Waals surface area contributed by atoms with Crippen molar-refractivity contribution in [3.8, 4) is 0 Å². The highest BCUT2D eigenvalue weighted by Gasteiger charge is 2.34. The molecule has 1 aromatic rings. The molecule has 92 valence electrons. The van der Waals surface area contributed by atoms with E-state index in [9.17, 15) is 0 Å². The molecule has 0 aromatic heterocycles. The van der Waals surface area contributed by atoms with Gasteiger partial charge in [0, 0.05) is 35.3 Å². The molecule has 2 nitrogen and oxygen atoms in total. The van der Waals surface area contributed by atoms with Gasteiger partial charge in [0.05, 0.1) is 0 Å². The van der Waals surface area contributed by atoms with E-state index in [1.165, 1.54) is 48.1 Å². The first kappa shape index (κ1) is 11.5. The molecule has 1 heterocycles. The first-order chi connectivity index (χ1) is 8.22. The van der Waals surface area contributed by atoms with E-state index in [4.69, 9.17) is 0 Å². The fourth-order valence-corrected chi connectivity index (χ4v) is 3.01. The van der Waals surface area contributed by atoms with E-state index in [2.05, 4.69) is 51.3 Å². The molecule has 2 fully saturated rings. The van der Waals surface area contributed by atoms with E-state index >= 15 is 0 Å². The van der Waals surface area contributed by atoms with Crippen LogP contribution in [-0.4, -0.2) is 30.1 Å². The fourth-order valence-electron chi connectivity index (χ4n) is 2.65. The first-order valence-electron chi connectivity index (χ1n) is 6.49. The lowest BCUT2D eigenvalue weighted by Crippen LogP contribution is -2.27. The van der Waals surface area contributed by atoms with Crippen molar-refractivity contribution in [3.05, 3.63) is 28.2 Å². The Labute approximate surface area is 112 Å². The maximum absolute atomic E-state index is 3.67. The zero-order chi connectivity index (χ0) is 11.8. The summed E-state index contributed by atoms with van der Waals surface area (Å²) in [6, 6.07) is 8.02.